The van der Waals surface area contributed by atoms with Gasteiger partial charge in [-0.15, -0.1) is 0 Å². The van der Waals surface area contributed by atoms with E-state index in [1.165, 1.54) is 32.4 Å². The second-order valence-electron chi connectivity index (χ2n) is 7.48. The molecule has 0 N–H and O–H groups in total. The molecule has 26 heavy (non-hydrogen) atoms. The maximum Gasteiger partial charge on any atom is 0.101 e. The largest absolute Gasteiger partial charge is 0.370 e. The fraction of sp³-hybridized carbons (Fsp3) is 0.524. The van der Waals surface area contributed by atoms with Gasteiger partial charge in [-0.1, -0.05) is 6.42 Å². The van der Waals surface area contributed by atoms with Crippen LogP contribution < -0.4 is 4.90 Å². The highest BCUT2D eigenvalue weighted by molar-refractivity contribution is 5.95. The van der Waals surface area contributed by atoms with E-state index in [0.717, 1.165) is 36.2 Å². The monoisotopic (exact) mass is 350 g/mol. The molecule has 5 nitrogen and oxygen atoms in total. The molecule has 136 valence electrons. The Labute approximate surface area is 155 Å². The number of hydrogen-bond donors (Lipinski definition) is 0. The average molecular weight is 350 g/mol. The minimum absolute atomic E-state index is 0.195. The molecule has 5 heteroatoms. The van der Waals surface area contributed by atoms with Gasteiger partial charge in [0, 0.05) is 36.9 Å². The molecular formula is C21H26N4O. The van der Waals surface area contributed by atoms with E-state index in [1.807, 2.05) is 12.1 Å². The summed E-state index contributed by atoms with van der Waals surface area (Å²) >= 11 is 0. The average Bonchev–Trinajstić information content (AvgIpc) is 2.67. The summed E-state index contributed by atoms with van der Waals surface area (Å²) in [5.41, 5.74) is 2.58. The van der Waals surface area contributed by atoms with Crippen molar-refractivity contribution in [2.75, 3.05) is 37.6 Å². The number of pyridine rings is 1. The number of nitriles is 1. The zero-order valence-corrected chi connectivity index (χ0v) is 15.4. The van der Waals surface area contributed by atoms with Crippen molar-refractivity contribution in [3.63, 3.8) is 0 Å². The Hall–Kier alpha value is -2.16. The minimum atomic E-state index is 0.195. The van der Waals surface area contributed by atoms with E-state index in [-0.39, 0.29) is 12.2 Å². The van der Waals surface area contributed by atoms with Gasteiger partial charge in [0.25, 0.3) is 0 Å². The fourth-order valence-corrected chi connectivity index (χ4v) is 4.30. The van der Waals surface area contributed by atoms with Crippen LogP contribution >= 0.6 is 0 Å². The van der Waals surface area contributed by atoms with Crippen LogP contribution in [0.15, 0.2) is 30.5 Å². The van der Waals surface area contributed by atoms with E-state index in [1.54, 1.807) is 6.20 Å². The van der Waals surface area contributed by atoms with Gasteiger partial charge < -0.3 is 14.5 Å². The zero-order chi connectivity index (χ0) is 17.9. The Morgan fingerprint density at radius 2 is 2.04 bits per heavy atom. The third kappa shape index (κ3) is 3.53. The van der Waals surface area contributed by atoms with Crippen LogP contribution in [0.25, 0.3) is 10.9 Å². The first-order valence-electron chi connectivity index (χ1n) is 9.65. The highest BCUT2D eigenvalue weighted by atomic mass is 16.5. The first kappa shape index (κ1) is 17.3. The molecule has 1 aromatic carbocycles. The number of piperidine rings is 1. The summed E-state index contributed by atoms with van der Waals surface area (Å²) in [6, 6.07) is 10.2. The Kier molecular flexibility index (Phi) is 5.05. The first-order chi connectivity index (χ1) is 12.7. The molecule has 0 aliphatic carbocycles. The summed E-state index contributed by atoms with van der Waals surface area (Å²) in [5.74, 6) is 0. The van der Waals surface area contributed by atoms with Crippen LogP contribution in [0.4, 0.5) is 5.69 Å². The molecule has 3 heterocycles. The van der Waals surface area contributed by atoms with Gasteiger partial charge in [0.1, 0.15) is 6.07 Å². The summed E-state index contributed by atoms with van der Waals surface area (Å²) < 4.78 is 6.25. The van der Waals surface area contributed by atoms with Crippen molar-refractivity contribution >= 4 is 16.6 Å². The predicted molar refractivity (Wildman–Crippen MR) is 103 cm³/mol. The number of nitrogens with zero attached hydrogens (tertiary/aromatic N) is 4. The molecule has 1 aromatic heterocycles. The van der Waals surface area contributed by atoms with Gasteiger partial charge in [-0.3, -0.25) is 4.98 Å². The van der Waals surface area contributed by atoms with Crippen molar-refractivity contribution in [3.05, 3.63) is 36.0 Å². The molecule has 0 unspecified atom stereocenters. The van der Waals surface area contributed by atoms with Crippen LogP contribution in [0, 0.1) is 11.3 Å². The molecule has 0 spiro atoms. The molecule has 0 saturated carbocycles. The Morgan fingerprint density at radius 1 is 1.19 bits per heavy atom. The van der Waals surface area contributed by atoms with Crippen LogP contribution in [-0.2, 0) is 4.74 Å². The number of anilines is 1. The van der Waals surface area contributed by atoms with E-state index in [0.29, 0.717) is 5.56 Å². The Balaban J connectivity index is 1.59. The molecule has 0 amide bonds. The molecule has 2 aromatic rings. The molecule has 2 saturated heterocycles. The van der Waals surface area contributed by atoms with Crippen LogP contribution in [0.1, 0.15) is 31.7 Å². The maximum absolute atomic E-state index is 9.37. The van der Waals surface area contributed by atoms with E-state index in [2.05, 4.69) is 39.9 Å². The zero-order valence-electron chi connectivity index (χ0n) is 15.4. The number of likely N-dealkylation sites (tertiary alicyclic amines) is 1. The Bertz CT molecular complexity index is 809. The normalized spacial score (nSPS) is 24.5. The third-order valence-electron chi connectivity index (χ3n) is 5.44. The summed E-state index contributed by atoms with van der Waals surface area (Å²) in [6.45, 7) is 7.30. The molecule has 2 aliphatic heterocycles. The van der Waals surface area contributed by atoms with Gasteiger partial charge in [-0.05, 0) is 57.1 Å². The number of fused-ring (bicyclic) bond motifs is 1. The van der Waals surface area contributed by atoms with Crippen LogP contribution in [0.2, 0.25) is 0 Å². The van der Waals surface area contributed by atoms with E-state index >= 15 is 0 Å². The first-order valence-corrected chi connectivity index (χ1v) is 9.65. The molecule has 2 atom stereocenters. The minimum Gasteiger partial charge on any atom is -0.370 e. The second kappa shape index (κ2) is 7.61. The smallest absolute Gasteiger partial charge is 0.101 e. The number of benzene rings is 1. The van der Waals surface area contributed by atoms with E-state index in [9.17, 15) is 5.26 Å². The number of ether oxygens (including phenoxy) is 1. The SMILES string of the molecule is C[C@@H]1CN(c2ccc(C#N)c3ncccc23)C[C@H](CN2CCCCC2)O1. The highest BCUT2D eigenvalue weighted by Gasteiger charge is 2.28. The van der Waals surface area contributed by atoms with Crippen molar-refractivity contribution in [2.45, 2.75) is 38.4 Å². The van der Waals surface area contributed by atoms with Crippen LogP contribution in [0.5, 0.6) is 0 Å². The summed E-state index contributed by atoms with van der Waals surface area (Å²) in [7, 11) is 0. The molecule has 2 aliphatic rings. The number of rotatable bonds is 3. The van der Waals surface area contributed by atoms with Gasteiger partial charge in [0.2, 0.25) is 0 Å². The fourth-order valence-electron chi connectivity index (χ4n) is 4.30. The van der Waals surface area contributed by atoms with Crippen molar-refractivity contribution in [3.8, 4) is 6.07 Å². The van der Waals surface area contributed by atoms with Crippen molar-refractivity contribution in [1.29, 1.82) is 5.26 Å². The van der Waals surface area contributed by atoms with Crippen molar-refractivity contribution in [2.24, 2.45) is 0 Å². The van der Waals surface area contributed by atoms with Crippen LogP contribution in [-0.4, -0.2) is 54.8 Å². The molecular weight excluding hydrogens is 324 g/mol. The van der Waals surface area contributed by atoms with E-state index < -0.39 is 0 Å². The van der Waals surface area contributed by atoms with Crippen LogP contribution in [0.3, 0.4) is 0 Å². The maximum atomic E-state index is 9.37. The van der Waals surface area contributed by atoms with Gasteiger partial charge >= 0.3 is 0 Å². The standard InChI is InChI=1S/C21H26N4O/c1-16-13-25(15-18(26-16)14-24-10-3-2-4-11-24)20-8-7-17(12-22)21-19(20)6-5-9-23-21/h5-9,16,18H,2-4,10-11,13-15H2,1H3/t16-,18+/m1/s1. The lowest BCUT2D eigenvalue weighted by Crippen LogP contribution is -2.51. The lowest BCUT2D eigenvalue weighted by molar-refractivity contribution is -0.0342. The molecule has 0 bridgehead atoms. The predicted octanol–water partition coefficient (Wildman–Crippen LogP) is 3.19. The summed E-state index contributed by atoms with van der Waals surface area (Å²) in [4.78, 5) is 9.41. The molecule has 2 fully saturated rings. The highest BCUT2D eigenvalue weighted by Crippen LogP contribution is 2.30. The van der Waals surface area contributed by atoms with Gasteiger partial charge in [-0.2, -0.15) is 5.26 Å². The number of aromatic nitrogens is 1. The van der Waals surface area contributed by atoms with Gasteiger partial charge in [0.05, 0.1) is 23.3 Å². The van der Waals surface area contributed by atoms with Gasteiger partial charge in [-0.25, -0.2) is 0 Å². The quantitative estimate of drug-likeness (QED) is 0.851. The third-order valence-corrected chi connectivity index (χ3v) is 5.44. The summed E-state index contributed by atoms with van der Waals surface area (Å²) in [5, 5.41) is 10.4. The lowest BCUT2D eigenvalue weighted by Gasteiger charge is -2.41. The lowest BCUT2D eigenvalue weighted by atomic mass is 10.1. The second-order valence-corrected chi connectivity index (χ2v) is 7.48. The summed E-state index contributed by atoms with van der Waals surface area (Å²) in [6.07, 6.45) is 6.14. The van der Waals surface area contributed by atoms with E-state index in [4.69, 9.17) is 4.74 Å². The number of morpholine rings is 1. The topological polar surface area (TPSA) is 52.4 Å². The molecule has 0 radical (unpaired) electrons. The Morgan fingerprint density at radius 3 is 2.85 bits per heavy atom. The molecule has 4 rings (SSSR count). The van der Waals surface area contributed by atoms with Crippen molar-refractivity contribution < 1.29 is 4.74 Å². The van der Waals surface area contributed by atoms with Gasteiger partial charge in [0.15, 0.2) is 0 Å². The number of hydrogen-bond acceptors (Lipinski definition) is 5. The van der Waals surface area contributed by atoms with Crippen molar-refractivity contribution in [1.82, 2.24) is 9.88 Å².